The average molecular weight is 294 g/mol. The Morgan fingerprint density at radius 3 is 2.33 bits per heavy atom. The summed E-state index contributed by atoms with van der Waals surface area (Å²) < 4.78 is 27.9. The highest BCUT2D eigenvalue weighted by Crippen LogP contribution is 2.36. The van der Waals surface area contributed by atoms with E-state index in [1.165, 1.54) is 0 Å². The zero-order valence-corrected chi connectivity index (χ0v) is 11.5. The van der Waals surface area contributed by atoms with Gasteiger partial charge in [-0.05, 0) is 25.0 Å². The summed E-state index contributed by atoms with van der Waals surface area (Å²) in [4.78, 5) is 11.1. The molecule has 1 saturated carbocycles. The molecule has 21 heavy (non-hydrogen) atoms. The number of carbonyl (C=O) groups is 1. The normalized spacial score (nSPS) is 17.0. The molecule has 0 aromatic heterocycles. The van der Waals surface area contributed by atoms with Crippen molar-refractivity contribution in [3.63, 3.8) is 0 Å². The third-order valence-corrected chi connectivity index (χ3v) is 3.86. The molecule has 0 amide bonds. The largest absolute Gasteiger partial charge is 0.481 e. The van der Waals surface area contributed by atoms with Gasteiger partial charge in [-0.25, -0.2) is 8.78 Å². The van der Waals surface area contributed by atoms with Gasteiger partial charge in [0.2, 0.25) is 0 Å². The lowest BCUT2D eigenvalue weighted by Gasteiger charge is -2.38. The van der Waals surface area contributed by atoms with Crippen molar-refractivity contribution in [2.75, 3.05) is 5.32 Å². The standard InChI is InChI=1S/C15H16F2N2O2/c16-11-6-10(9-18)7-12(17)14(11)19-15(8-13(20)21)4-2-1-3-5-15/h6-7,19H,1-5,8H2,(H,20,21). The quantitative estimate of drug-likeness (QED) is 0.892. The number of nitriles is 1. The van der Waals surface area contributed by atoms with E-state index in [4.69, 9.17) is 10.4 Å². The Balaban J connectivity index is 2.33. The minimum absolute atomic E-state index is 0.105. The number of halogens is 2. The molecular weight excluding hydrogens is 278 g/mol. The molecule has 1 aliphatic rings. The Morgan fingerprint density at radius 2 is 1.86 bits per heavy atom. The molecule has 0 heterocycles. The number of anilines is 1. The SMILES string of the molecule is N#Cc1cc(F)c(NC2(CC(=O)O)CCCCC2)c(F)c1. The minimum atomic E-state index is -1.00. The van der Waals surface area contributed by atoms with E-state index in [1.807, 2.05) is 0 Å². The summed E-state index contributed by atoms with van der Waals surface area (Å²) in [7, 11) is 0. The van der Waals surface area contributed by atoms with Gasteiger partial charge in [-0.1, -0.05) is 19.3 Å². The van der Waals surface area contributed by atoms with Crippen LogP contribution in [0.2, 0.25) is 0 Å². The van der Waals surface area contributed by atoms with Crippen molar-refractivity contribution in [3.8, 4) is 6.07 Å². The van der Waals surface area contributed by atoms with Crippen molar-refractivity contribution >= 4 is 11.7 Å². The number of carboxylic acids is 1. The van der Waals surface area contributed by atoms with Gasteiger partial charge in [0.15, 0.2) is 11.6 Å². The monoisotopic (exact) mass is 294 g/mol. The zero-order valence-electron chi connectivity index (χ0n) is 11.5. The van der Waals surface area contributed by atoms with Crippen molar-refractivity contribution in [2.24, 2.45) is 0 Å². The zero-order chi connectivity index (χ0) is 15.5. The van der Waals surface area contributed by atoms with Crippen LogP contribution in [0.5, 0.6) is 0 Å². The van der Waals surface area contributed by atoms with Crippen LogP contribution >= 0.6 is 0 Å². The predicted octanol–water partition coefficient (Wildman–Crippen LogP) is 3.43. The predicted molar refractivity (Wildman–Crippen MR) is 72.8 cm³/mol. The third kappa shape index (κ3) is 3.48. The van der Waals surface area contributed by atoms with E-state index in [1.54, 1.807) is 6.07 Å². The van der Waals surface area contributed by atoms with Gasteiger partial charge in [0.05, 0.1) is 18.1 Å². The van der Waals surface area contributed by atoms with Crippen molar-refractivity contribution in [3.05, 3.63) is 29.3 Å². The molecule has 1 aromatic carbocycles. The Kier molecular flexibility index (Phi) is 4.41. The third-order valence-electron chi connectivity index (χ3n) is 3.86. The smallest absolute Gasteiger partial charge is 0.305 e. The van der Waals surface area contributed by atoms with Crippen LogP contribution in [0.25, 0.3) is 0 Å². The summed E-state index contributed by atoms with van der Waals surface area (Å²) in [5, 5.41) is 20.5. The maximum atomic E-state index is 14.0. The van der Waals surface area contributed by atoms with E-state index in [9.17, 15) is 13.6 Å². The molecule has 6 heteroatoms. The van der Waals surface area contributed by atoms with Gasteiger partial charge < -0.3 is 10.4 Å². The van der Waals surface area contributed by atoms with Gasteiger partial charge in [-0.3, -0.25) is 4.79 Å². The van der Waals surface area contributed by atoms with Crippen LogP contribution in [0.1, 0.15) is 44.1 Å². The first-order chi connectivity index (χ1) is 9.96. The molecule has 1 aliphatic carbocycles. The molecule has 0 atom stereocenters. The second kappa shape index (κ2) is 6.08. The number of carboxylic acid groups (broad SMARTS) is 1. The van der Waals surface area contributed by atoms with Gasteiger partial charge in [0, 0.05) is 5.54 Å². The van der Waals surface area contributed by atoms with Crippen LogP contribution in [0.15, 0.2) is 12.1 Å². The van der Waals surface area contributed by atoms with Crippen LogP contribution in [0.4, 0.5) is 14.5 Å². The fourth-order valence-electron chi connectivity index (χ4n) is 2.89. The van der Waals surface area contributed by atoms with Crippen molar-refractivity contribution in [2.45, 2.75) is 44.1 Å². The molecule has 2 rings (SSSR count). The Hall–Kier alpha value is -2.16. The summed E-state index contributed by atoms with van der Waals surface area (Å²) in [6.45, 7) is 0. The Morgan fingerprint density at radius 1 is 1.29 bits per heavy atom. The number of rotatable bonds is 4. The molecule has 0 bridgehead atoms. The lowest BCUT2D eigenvalue weighted by molar-refractivity contribution is -0.138. The highest BCUT2D eigenvalue weighted by molar-refractivity contribution is 5.69. The average Bonchev–Trinajstić information content (AvgIpc) is 2.43. The van der Waals surface area contributed by atoms with Gasteiger partial charge in [-0.15, -0.1) is 0 Å². The molecule has 0 aliphatic heterocycles. The van der Waals surface area contributed by atoms with Crippen LogP contribution in [0.3, 0.4) is 0 Å². The molecule has 4 nitrogen and oxygen atoms in total. The first kappa shape index (κ1) is 15.2. The van der Waals surface area contributed by atoms with E-state index < -0.39 is 23.1 Å². The minimum Gasteiger partial charge on any atom is -0.481 e. The van der Waals surface area contributed by atoms with E-state index >= 15 is 0 Å². The van der Waals surface area contributed by atoms with Crippen LogP contribution in [-0.4, -0.2) is 16.6 Å². The lowest BCUT2D eigenvalue weighted by Crippen LogP contribution is -2.42. The van der Waals surface area contributed by atoms with Gasteiger partial charge in [-0.2, -0.15) is 5.26 Å². The van der Waals surface area contributed by atoms with Crippen molar-refractivity contribution in [1.29, 1.82) is 5.26 Å². The molecule has 0 saturated heterocycles. The molecule has 2 N–H and O–H groups in total. The maximum Gasteiger partial charge on any atom is 0.305 e. The van der Waals surface area contributed by atoms with Crippen LogP contribution in [-0.2, 0) is 4.79 Å². The summed E-state index contributed by atoms with van der Waals surface area (Å²) in [6.07, 6.45) is 3.54. The fourth-order valence-corrected chi connectivity index (χ4v) is 2.89. The first-order valence-corrected chi connectivity index (χ1v) is 6.85. The molecule has 0 spiro atoms. The van der Waals surface area contributed by atoms with Gasteiger partial charge >= 0.3 is 5.97 Å². The summed E-state index contributed by atoms with van der Waals surface area (Å²) in [5.41, 5.74) is -1.29. The molecule has 1 aromatic rings. The van der Waals surface area contributed by atoms with Crippen molar-refractivity contribution in [1.82, 2.24) is 0 Å². The van der Waals surface area contributed by atoms with Crippen molar-refractivity contribution < 1.29 is 18.7 Å². The number of nitrogens with one attached hydrogen (secondary N) is 1. The highest BCUT2D eigenvalue weighted by Gasteiger charge is 2.35. The number of hydrogen-bond donors (Lipinski definition) is 2. The number of nitrogens with zero attached hydrogens (tertiary/aromatic N) is 1. The topological polar surface area (TPSA) is 73.1 Å². The van der Waals surface area contributed by atoms with E-state index in [-0.39, 0.29) is 17.7 Å². The van der Waals surface area contributed by atoms with E-state index in [0.717, 1.165) is 31.4 Å². The van der Waals surface area contributed by atoms with E-state index in [0.29, 0.717) is 12.8 Å². The molecule has 0 radical (unpaired) electrons. The second-order valence-electron chi connectivity index (χ2n) is 5.46. The molecule has 0 unspecified atom stereocenters. The number of benzene rings is 1. The fraction of sp³-hybridized carbons (Fsp3) is 0.467. The summed E-state index contributed by atoms with van der Waals surface area (Å²) in [5.74, 6) is -2.75. The summed E-state index contributed by atoms with van der Waals surface area (Å²) >= 11 is 0. The highest BCUT2D eigenvalue weighted by atomic mass is 19.1. The summed E-state index contributed by atoms with van der Waals surface area (Å²) in [6, 6.07) is 3.57. The molecular formula is C15H16F2N2O2. The first-order valence-electron chi connectivity index (χ1n) is 6.85. The Bertz CT molecular complexity index is 567. The van der Waals surface area contributed by atoms with Crippen LogP contribution in [0, 0.1) is 23.0 Å². The second-order valence-corrected chi connectivity index (χ2v) is 5.46. The lowest BCUT2D eigenvalue weighted by atomic mass is 9.79. The number of hydrogen-bond acceptors (Lipinski definition) is 3. The van der Waals surface area contributed by atoms with E-state index in [2.05, 4.69) is 5.32 Å². The Labute approximate surface area is 121 Å². The molecule has 1 fully saturated rings. The van der Waals surface area contributed by atoms with Gasteiger partial charge in [0.25, 0.3) is 0 Å². The van der Waals surface area contributed by atoms with Gasteiger partial charge in [0.1, 0.15) is 5.69 Å². The number of aliphatic carboxylic acids is 1. The maximum absolute atomic E-state index is 14.0. The molecule has 112 valence electrons. The van der Waals surface area contributed by atoms with Crippen LogP contribution < -0.4 is 5.32 Å².